The van der Waals surface area contributed by atoms with Crippen LogP contribution in [0.15, 0.2) is 41.8 Å². The van der Waals surface area contributed by atoms with E-state index in [-0.39, 0.29) is 29.8 Å². The first kappa shape index (κ1) is 22.2. The Kier molecular flexibility index (Phi) is 8.75. The van der Waals surface area contributed by atoms with Gasteiger partial charge in [-0.25, -0.2) is 4.39 Å². The molecule has 0 saturated carbocycles. The normalized spacial score (nSPS) is 11.5. The van der Waals surface area contributed by atoms with Gasteiger partial charge in [-0.1, -0.05) is 0 Å². The maximum Gasteiger partial charge on any atom is 0.191 e. The van der Waals surface area contributed by atoms with Gasteiger partial charge in [0.05, 0.1) is 6.20 Å². The maximum absolute atomic E-state index is 13.3. The molecule has 0 aliphatic rings. The molecule has 0 radical (unpaired) electrons. The summed E-state index contributed by atoms with van der Waals surface area (Å²) in [5, 5.41) is 11.9. The van der Waals surface area contributed by atoms with Crippen LogP contribution < -0.4 is 10.6 Å². The topological polar surface area (TPSA) is 70.0 Å². The second kappa shape index (κ2) is 11.0. The highest BCUT2D eigenvalue weighted by molar-refractivity contribution is 14.0. The maximum atomic E-state index is 13.3. The number of fused-ring (bicyclic) bond motifs is 1. The van der Waals surface area contributed by atoms with E-state index in [2.05, 4.69) is 32.6 Å². The Morgan fingerprint density at radius 3 is 2.89 bits per heavy atom. The number of aryl methyl sites for hydroxylation is 2. The highest BCUT2D eigenvalue weighted by atomic mass is 127. The molecule has 0 bridgehead atoms. The smallest absolute Gasteiger partial charge is 0.191 e. The summed E-state index contributed by atoms with van der Waals surface area (Å²) < 4.78 is 15.1. The van der Waals surface area contributed by atoms with Gasteiger partial charge in [0, 0.05) is 50.0 Å². The lowest BCUT2D eigenvalue weighted by Crippen LogP contribution is -2.38. The summed E-state index contributed by atoms with van der Waals surface area (Å²) in [4.78, 5) is 7.77. The van der Waals surface area contributed by atoms with Crippen LogP contribution in [0.4, 0.5) is 4.39 Å². The van der Waals surface area contributed by atoms with Crippen LogP contribution in [0.3, 0.4) is 0 Å². The summed E-state index contributed by atoms with van der Waals surface area (Å²) in [7, 11) is 1.93. The van der Waals surface area contributed by atoms with Crippen LogP contribution in [-0.4, -0.2) is 40.4 Å². The zero-order chi connectivity index (χ0) is 19.1. The molecular formula is C20H28FIN6. The summed E-state index contributed by atoms with van der Waals surface area (Å²) >= 11 is 0. The zero-order valence-corrected chi connectivity index (χ0v) is 18.7. The van der Waals surface area contributed by atoms with Crippen molar-refractivity contribution in [1.82, 2.24) is 25.4 Å². The molecule has 8 heteroatoms. The van der Waals surface area contributed by atoms with Gasteiger partial charge >= 0.3 is 0 Å². The Labute approximate surface area is 182 Å². The molecule has 0 atom stereocenters. The van der Waals surface area contributed by atoms with E-state index >= 15 is 0 Å². The molecule has 6 nitrogen and oxygen atoms in total. The van der Waals surface area contributed by atoms with Crippen LogP contribution in [-0.2, 0) is 19.9 Å². The fourth-order valence-electron chi connectivity index (χ4n) is 3.10. The minimum atomic E-state index is -0.220. The number of H-pyrrole nitrogens is 1. The second-order valence-corrected chi connectivity index (χ2v) is 6.57. The van der Waals surface area contributed by atoms with E-state index in [4.69, 9.17) is 0 Å². The van der Waals surface area contributed by atoms with Crippen LogP contribution in [0.2, 0.25) is 0 Å². The number of aromatic nitrogens is 3. The van der Waals surface area contributed by atoms with E-state index in [1.165, 1.54) is 23.3 Å². The van der Waals surface area contributed by atoms with Crippen molar-refractivity contribution in [2.75, 3.05) is 19.6 Å². The molecule has 0 unspecified atom stereocenters. The third kappa shape index (κ3) is 6.22. The van der Waals surface area contributed by atoms with Crippen LogP contribution in [0.5, 0.6) is 0 Å². The number of aliphatic imine (C=N–C) groups is 1. The van der Waals surface area contributed by atoms with Crippen molar-refractivity contribution in [3.63, 3.8) is 0 Å². The third-order valence-corrected chi connectivity index (χ3v) is 4.41. The number of rotatable bonds is 8. The van der Waals surface area contributed by atoms with Gasteiger partial charge in [-0.05, 0) is 55.5 Å². The van der Waals surface area contributed by atoms with Crippen molar-refractivity contribution in [2.24, 2.45) is 12.0 Å². The Bertz CT molecular complexity index is 901. The van der Waals surface area contributed by atoms with Crippen molar-refractivity contribution in [2.45, 2.75) is 26.2 Å². The number of guanidine groups is 1. The van der Waals surface area contributed by atoms with Crippen molar-refractivity contribution in [1.29, 1.82) is 0 Å². The number of nitrogens with zero attached hydrogens (tertiary/aromatic N) is 3. The van der Waals surface area contributed by atoms with E-state index in [0.29, 0.717) is 0 Å². The molecule has 0 aliphatic heterocycles. The standard InChI is InChI=1S/C20H27FN6.HI/c1-3-22-20(23-9-4-5-15-12-26-27(2)14-15)24-10-8-16-13-25-19-11-17(21)6-7-18(16)19;/h6-7,11-14,25H,3-5,8-10H2,1-2H3,(H2,22,23,24);1H. The van der Waals surface area contributed by atoms with Crippen molar-refractivity contribution < 1.29 is 4.39 Å². The molecule has 2 heterocycles. The lowest BCUT2D eigenvalue weighted by atomic mass is 10.1. The van der Waals surface area contributed by atoms with Gasteiger partial charge in [0.15, 0.2) is 5.96 Å². The number of aromatic amines is 1. The predicted molar refractivity (Wildman–Crippen MR) is 123 cm³/mol. The van der Waals surface area contributed by atoms with Crippen LogP contribution in [0.25, 0.3) is 10.9 Å². The Morgan fingerprint density at radius 2 is 2.14 bits per heavy atom. The van der Waals surface area contributed by atoms with Crippen LogP contribution >= 0.6 is 24.0 Å². The van der Waals surface area contributed by atoms with E-state index in [9.17, 15) is 4.39 Å². The average molecular weight is 498 g/mol. The molecule has 3 rings (SSSR count). The fourth-order valence-corrected chi connectivity index (χ4v) is 3.10. The molecule has 0 amide bonds. The average Bonchev–Trinajstić information content (AvgIpc) is 3.24. The number of hydrogen-bond acceptors (Lipinski definition) is 2. The van der Waals surface area contributed by atoms with Gasteiger partial charge in [-0.3, -0.25) is 9.67 Å². The van der Waals surface area contributed by atoms with Gasteiger partial charge in [0.25, 0.3) is 0 Å². The minimum Gasteiger partial charge on any atom is -0.361 e. The fraction of sp³-hybridized carbons (Fsp3) is 0.400. The molecule has 3 aromatic rings. The van der Waals surface area contributed by atoms with Gasteiger partial charge in [0.1, 0.15) is 5.82 Å². The molecular weight excluding hydrogens is 470 g/mol. The minimum absolute atomic E-state index is 0. The Morgan fingerprint density at radius 1 is 1.29 bits per heavy atom. The summed E-state index contributed by atoms with van der Waals surface area (Å²) in [5.74, 6) is 0.608. The van der Waals surface area contributed by atoms with Gasteiger partial charge in [-0.15, -0.1) is 24.0 Å². The van der Waals surface area contributed by atoms with Gasteiger partial charge in [-0.2, -0.15) is 5.10 Å². The molecule has 152 valence electrons. The number of halogens is 2. The molecule has 0 fully saturated rings. The second-order valence-electron chi connectivity index (χ2n) is 6.57. The molecule has 1 aromatic carbocycles. The van der Waals surface area contributed by atoms with Gasteiger partial charge in [0.2, 0.25) is 0 Å². The lowest BCUT2D eigenvalue weighted by molar-refractivity contribution is 0.629. The summed E-state index contributed by atoms with van der Waals surface area (Å²) in [6, 6.07) is 4.86. The molecule has 0 saturated heterocycles. The largest absolute Gasteiger partial charge is 0.361 e. The lowest BCUT2D eigenvalue weighted by Gasteiger charge is -2.11. The zero-order valence-electron chi connectivity index (χ0n) is 16.3. The Balaban J connectivity index is 0.00000280. The predicted octanol–water partition coefficient (Wildman–Crippen LogP) is 3.39. The number of nitrogens with one attached hydrogen (secondary N) is 3. The SMILES string of the molecule is CCNC(=NCCCc1cnn(C)c1)NCCc1c[nH]c2cc(F)ccc12.I. The third-order valence-electron chi connectivity index (χ3n) is 4.41. The highest BCUT2D eigenvalue weighted by Crippen LogP contribution is 2.19. The molecule has 28 heavy (non-hydrogen) atoms. The van der Waals surface area contributed by atoms with E-state index in [1.807, 2.05) is 36.4 Å². The van der Waals surface area contributed by atoms with E-state index in [1.54, 1.807) is 0 Å². The first-order valence-corrected chi connectivity index (χ1v) is 9.41. The molecule has 0 spiro atoms. The van der Waals surface area contributed by atoms with Gasteiger partial charge < -0.3 is 15.6 Å². The quantitative estimate of drug-likeness (QED) is 0.193. The number of benzene rings is 1. The summed E-state index contributed by atoms with van der Waals surface area (Å²) in [5.41, 5.74) is 3.24. The van der Waals surface area contributed by atoms with E-state index in [0.717, 1.165) is 55.8 Å². The van der Waals surface area contributed by atoms with Crippen molar-refractivity contribution in [3.05, 3.63) is 53.7 Å². The molecule has 0 aliphatic carbocycles. The van der Waals surface area contributed by atoms with E-state index < -0.39 is 0 Å². The molecule has 3 N–H and O–H groups in total. The highest BCUT2D eigenvalue weighted by Gasteiger charge is 2.05. The monoisotopic (exact) mass is 498 g/mol. The first-order valence-electron chi connectivity index (χ1n) is 9.41. The molecule has 2 aromatic heterocycles. The van der Waals surface area contributed by atoms with Crippen molar-refractivity contribution >= 4 is 40.8 Å². The summed E-state index contributed by atoms with van der Waals surface area (Å²) in [6.45, 7) is 4.40. The first-order chi connectivity index (χ1) is 13.2. The number of hydrogen-bond donors (Lipinski definition) is 3. The van der Waals surface area contributed by atoms with Crippen LogP contribution in [0.1, 0.15) is 24.5 Å². The summed E-state index contributed by atoms with van der Waals surface area (Å²) in [6.07, 6.45) is 8.69. The Hall–Kier alpha value is -2.10. The van der Waals surface area contributed by atoms with Crippen LogP contribution in [0, 0.1) is 5.82 Å². The van der Waals surface area contributed by atoms with Crippen molar-refractivity contribution in [3.8, 4) is 0 Å².